The summed E-state index contributed by atoms with van der Waals surface area (Å²) in [7, 11) is 0. The SMILES string of the molecule is CCOC(=O)N1CCN(C(=NCc2cccs2)NCCc2ccco2)CC1.I. The molecule has 2 aromatic rings. The van der Waals surface area contributed by atoms with E-state index < -0.39 is 0 Å². The summed E-state index contributed by atoms with van der Waals surface area (Å²) < 4.78 is 10.5. The minimum absolute atomic E-state index is 0. The maximum Gasteiger partial charge on any atom is 0.409 e. The van der Waals surface area contributed by atoms with E-state index in [1.807, 2.05) is 25.1 Å². The summed E-state index contributed by atoms with van der Waals surface area (Å²) in [6.07, 6.45) is 2.25. The molecule has 0 saturated carbocycles. The fourth-order valence-corrected chi connectivity index (χ4v) is 3.52. The number of rotatable bonds is 6. The minimum Gasteiger partial charge on any atom is -0.469 e. The zero-order chi connectivity index (χ0) is 18.9. The first kappa shape index (κ1) is 22.5. The Morgan fingerprint density at radius 1 is 1.25 bits per heavy atom. The minimum atomic E-state index is -0.236. The van der Waals surface area contributed by atoms with E-state index in [0.29, 0.717) is 26.2 Å². The van der Waals surface area contributed by atoms with Gasteiger partial charge in [-0.05, 0) is 30.5 Å². The van der Waals surface area contributed by atoms with Gasteiger partial charge < -0.3 is 24.3 Å². The number of halogens is 1. The Morgan fingerprint density at radius 3 is 2.68 bits per heavy atom. The summed E-state index contributed by atoms with van der Waals surface area (Å²) in [4.78, 5) is 21.9. The zero-order valence-corrected chi connectivity index (χ0v) is 19.2. The van der Waals surface area contributed by atoms with E-state index in [9.17, 15) is 4.79 Å². The molecule has 0 unspecified atom stereocenters. The van der Waals surface area contributed by atoms with Crippen LogP contribution in [0, 0.1) is 0 Å². The summed E-state index contributed by atoms with van der Waals surface area (Å²) in [5.41, 5.74) is 0. The predicted octanol–water partition coefficient (Wildman–Crippen LogP) is 3.42. The van der Waals surface area contributed by atoms with Gasteiger partial charge in [-0.2, -0.15) is 0 Å². The number of piperazine rings is 1. The van der Waals surface area contributed by atoms with Crippen molar-refractivity contribution in [3.63, 3.8) is 0 Å². The van der Waals surface area contributed by atoms with Crippen LogP contribution in [-0.2, 0) is 17.7 Å². The summed E-state index contributed by atoms with van der Waals surface area (Å²) in [5.74, 6) is 1.82. The number of hydrogen-bond donors (Lipinski definition) is 1. The molecule has 3 heterocycles. The molecule has 1 aliphatic heterocycles. The van der Waals surface area contributed by atoms with Crippen molar-refractivity contribution in [1.29, 1.82) is 0 Å². The summed E-state index contributed by atoms with van der Waals surface area (Å²) in [6.45, 7) is 6.36. The molecule has 1 saturated heterocycles. The van der Waals surface area contributed by atoms with Gasteiger partial charge in [0.25, 0.3) is 0 Å². The van der Waals surface area contributed by atoms with Crippen molar-refractivity contribution in [3.8, 4) is 0 Å². The van der Waals surface area contributed by atoms with Crippen LogP contribution in [0.25, 0.3) is 0 Å². The molecule has 7 nitrogen and oxygen atoms in total. The Morgan fingerprint density at radius 2 is 2.04 bits per heavy atom. The second-order valence-corrected chi connectivity index (χ2v) is 7.18. The molecule has 3 rings (SSSR count). The van der Waals surface area contributed by atoms with Crippen LogP contribution < -0.4 is 5.32 Å². The van der Waals surface area contributed by atoms with Crippen molar-refractivity contribution in [2.75, 3.05) is 39.3 Å². The first-order chi connectivity index (χ1) is 13.3. The number of nitrogens with one attached hydrogen (secondary N) is 1. The lowest BCUT2D eigenvalue weighted by Crippen LogP contribution is -2.54. The number of carbonyl (C=O) groups excluding carboxylic acids is 1. The van der Waals surface area contributed by atoms with E-state index in [1.165, 1.54) is 4.88 Å². The first-order valence-corrected chi connectivity index (χ1v) is 10.1. The van der Waals surface area contributed by atoms with Crippen molar-refractivity contribution in [3.05, 3.63) is 46.5 Å². The molecule has 1 aliphatic rings. The normalized spacial score (nSPS) is 14.5. The van der Waals surface area contributed by atoms with Gasteiger partial charge in [0.1, 0.15) is 5.76 Å². The molecule has 1 N–H and O–H groups in total. The third-order valence-corrected chi connectivity index (χ3v) is 5.17. The third kappa shape index (κ3) is 6.69. The molecule has 28 heavy (non-hydrogen) atoms. The van der Waals surface area contributed by atoms with Crippen LogP contribution in [0.3, 0.4) is 0 Å². The van der Waals surface area contributed by atoms with E-state index in [1.54, 1.807) is 22.5 Å². The number of ether oxygens (including phenoxy) is 1. The lowest BCUT2D eigenvalue weighted by Gasteiger charge is -2.36. The number of furan rings is 1. The molecular weight excluding hydrogens is 491 g/mol. The van der Waals surface area contributed by atoms with E-state index in [0.717, 1.165) is 37.8 Å². The van der Waals surface area contributed by atoms with Crippen molar-refractivity contribution in [1.82, 2.24) is 15.1 Å². The van der Waals surface area contributed by atoms with Gasteiger partial charge in [0, 0.05) is 44.0 Å². The summed E-state index contributed by atoms with van der Waals surface area (Å²) in [5, 5.41) is 5.51. The largest absolute Gasteiger partial charge is 0.469 e. The van der Waals surface area contributed by atoms with E-state index >= 15 is 0 Å². The molecule has 1 fully saturated rings. The van der Waals surface area contributed by atoms with Gasteiger partial charge in [-0.15, -0.1) is 35.3 Å². The highest BCUT2D eigenvalue weighted by molar-refractivity contribution is 14.0. The molecule has 2 aromatic heterocycles. The lowest BCUT2D eigenvalue weighted by molar-refractivity contribution is 0.0914. The number of carbonyl (C=O) groups is 1. The Labute approximate surface area is 186 Å². The third-order valence-electron chi connectivity index (χ3n) is 4.30. The topological polar surface area (TPSA) is 70.3 Å². The van der Waals surface area contributed by atoms with Gasteiger partial charge in [-0.3, -0.25) is 0 Å². The summed E-state index contributed by atoms with van der Waals surface area (Å²) >= 11 is 1.71. The van der Waals surface area contributed by atoms with Gasteiger partial charge in [-0.25, -0.2) is 9.79 Å². The molecule has 0 aliphatic carbocycles. The maximum absolute atomic E-state index is 11.9. The van der Waals surface area contributed by atoms with Crippen LogP contribution in [0.1, 0.15) is 17.6 Å². The Bertz CT molecular complexity index is 714. The van der Waals surface area contributed by atoms with Gasteiger partial charge in [-0.1, -0.05) is 6.07 Å². The Kier molecular flexibility index (Phi) is 9.62. The lowest BCUT2D eigenvalue weighted by atomic mass is 10.3. The molecule has 0 spiro atoms. The maximum atomic E-state index is 11.9. The first-order valence-electron chi connectivity index (χ1n) is 9.26. The molecule has 0 atom stereocenters. The molecule has 1 amide bonds. The van der Waals surface area contributed by atoms with Crippen LogP contribution in [-0.4, -0.2) is 61.2 Å². The van der Waals surface area contributed by atoms with Crippen LogP contribution in [0.15, 0.2) is 45.3 Å². The standard InChI is InChI=1S/C19H26N4O3S.HI/c1-2-25-19(24)23-11-9-22(10-12-23)18(21-15-17-6-4-14-27-17)20-8-7-16-5-3-13-26-16;/h3-6,13-14H,2,7-12,15H2,1H3,(H,20,21);1H. The van der Waals surface area contributed by atoms with Gasteiger partial charge in [0.05, 0.1) is 19.4 Å². The van der Waals surface area contributed by atoms with Gasteiger partial charge >= 0.3 is 6.09 Å². The van der Waals surface area contributed by atoms with Crippen LogP contribution in [0.2, 0.25) is 0 Å². The number of aliphatic imine (C=N–C) groups is 1. The average Bonchev–Trinajstić information content (AvgIpc) is 3.39. The molecule has 0 radical (unpaired) electrons. The zero-order valence-electron chi connectivity index (χ0n) is 16.0. The van der Waals surface area contributed by atoms with Crippen LogP contribution >= 0.6 is 35.3 Å². The smallest absolute Gasteiger partial charge is 0.409 e. The average molecular weight is 518 g/mol. The molecular formula is C19H27IN4O3S. The highest BCUT2D eigenvalue weighted by Gasteiger charge is 2.23. The van der Waals surface area contributed by atoms with Crippen molar-refractivity contribution in [2.45, 2.75) is 19.9 Å². The quantitative estimate of drug-likeness (QED) is 0.361. The van der Waals surface area contributed by atoms with Crippen molar-refractivity contribution in [2.24, 2.45) is 4.99 Å². The summed E-state index contributed by atoms with van der Waals surface area (Å²) in [6, 6.07) is 8.00. The number of nitrogens with zero attached hydrogens (tertiary/aromatic N) is 3. The second-order valence-electron chi connectivity index (χ2n) is 6.15. The predicted molar refractivity (Wildman–Crippen MR) is 121 cm³/mol. The monoisotopic (exact) mass is 518 g/mol. The van der Waals surface area contributed by atoms with E-state index in [4.69, 9.17) is 14.1 Å². The Balaban J connectivity index is 0.00000280. The molecule has 9 heteroatoms. The number of guanidine groups is 1. The number of amides is 1. The highest BCUT2D eigenvalue weighted by Crippen LogP contribution is 2.11. The number of hydrogen-bond acceptors (Lipinski definition) is 5. The molecule has 154 valence electrons. The fraction of sp³-hybridized carbons (Fsp3) is 0.474. The van der Waals surface area contributed by atoms with Crippen LogP contribution in [0.4, 0.5) is 4.79 Å². The number of thiophene rings is 1. The highest BCUT2D eigenvalue weighted by atomic mass is 127. The second kappa shape index (κ2) is 11.9. The van der Waals surface area contributed by atoms with Crippen molar-refractivity contribution < 1.29 is 13.9 Å². The van der Waals surface area contributed by atoms with E-state index in [2.05, 4.69) is 21.7 Å². The Hall–Kier alpha value is -1.75. The fourth-order valence-electron chi connectivity index (χ4n) is 2.89. The van der Waals surface area contributed by atoms with Gasteiger partial charge in [0.2, 0.25) is 0 Å². The molecule has 0 aromatic carbocycles. The molecule has 0 bridgehead atoms. The van der Waals surface area contributed by atoms with Crippen molar-refractivity contribution >= 4 is 47.4 Å². The van der Waals surface area contributed by atoms with E-state index in [-0.39, 0.29) is 30.1 Å². The van der Waals surface area contributed by atoms with Crippen LogP contribution in [0.5, 0.6) is 0 Å². The van der Waals surface area contributed by atoms with Gasteiger partial charge in [0.15, 0.2) is 5.96 Å².